The molecule has 0 radical (unpaired) electrons. The van der Waals surface area contributed by atoms with Crippen molar-refractivity contribution >= 4 is 11.3 Å². The predicted molar refractivity (Wildman–Crippen MR) is 65.3 cm³/mol. The molecule has 0 saturated heterocycles. The van der Waals surface area contributed by atoms with Gasteiger partial charge in [-0.15, -0.1) is 11.3 Å². The first-order chi connectivity index (χ1) is 8.33. The summed E-state index contributed by atoms with van der Waals surface area (Å²) in [5.74, 6) is 1.61. The minimum absolute atomic E-state index is 0.0161. The Kier molecular flexibility index (Phi) is 2.70. The lowest BCUT2D eigenvalue weighted by atomic mass is 10.1. The number of thiazole rings is 1. The molecule has 3 rings (SSSR count). The molecule has 0 bridgehead atoms. The summed E-state index contributed by atoms with van der Waals surface area (Å²) in [6.07, 6.45) is 0. The van der Waals surface area contributed by atoms with Gasteiger partial charge in [-0.1, -0.05) is 0 Å². The van der Waals surface area contributed by atoms with Crippen LogP contribution in [0, 0.1) is 0 Å². The molecular formula is C12H12N2O2S. The van der Waals surface area contributed by atoms with Gasteiger partial charge in [-0.05, 0) is 12.1 Å². The van der Waals surface area contributed by atoms with Gasteiger partial charge in [-0.2, -0.15) is 0 Å². The first-order valence-corrected chi connectivity index (χ1v) is 6.29. The van der Waals surface area contributed by atoms with Crippen molar-refractivity contribution in [1.29, 1.82) is 0 Å². The van der Waals surface area contributed by atoms with Crippen molar-refractivity contribution in [3.05, 3.63) is 40.3 Å². The molecule has 1 aromatic carbocycles. The fourth-order valence-corrected chi connectivity index (χ4v) is 2.31. The second kappa shape index (κ2) is 4.35. The van der Waals surface area contributed by atoms with Crippen LogP contribution in [0.4, 0.5) is 0 Å². The third-order valence-corrected chi connectivity index (χ3v) is 3.31. The Labute approximate surface area is 103 Å². The summed E-state index contributed by atoms with van der Waals surface area (Å²) in [6.45, 7) is 1.03. The Morgan fingerprint density at radius 2 is 2.47 bits per heavy atom. The maximum absolute atomic E-state index is 5.87. The van der Waals surface area contributed by atoms with Gasteiger partial charge in [-0.25, -0.2) is 4.98 Å². The van der Waals surface area contributed by atoms with Gasteiger partial charge < -0.3 is 15.2 Å². The van der Waals surface area contributed by atoms with E-state index in [1.54, 1.807) is 16.8 Å². The van der Waals surface area contributed by atoms with Crippen LogP contribution in [-0.4, -0.2) is 11.6 Å². The van der Waals surface area contributed by atoms with Gasteiger partial charge in [0.25, 0.3) is 0 Å². The van der Waals surface area contributed by atoms with Crippen LogP contribution in [0.15, 0.2) is 29.1 Å². The van der Waals surface area contributed by atoms with Crippen molar-refractivity contribution < 1.29 is 9.47 Å². The van der Waals surface area contributed by atoms with Crippen molar-refractivity contribution in [2.24, 2.45) is 5.73 Å². The summed E-state index contributed by atoms with van der Waals surface area (Å²) in [4.78, 5) is 4.16. The molecule has 1 aliphatic rings. The first kappa shape index (κ1) is 10.6. The molecular weight excluding hydrogens is 236 g/mol. The molecule has 2 N–H and O–H groups in total. The molecule has 5 heteroatoms. The summed E-state index contributed by atoms with van der Waals surface area (Å²) in [6, 6.07) is 5.75. The second-order valence-corrected chi connectivity index (χ2v) is 4.60. The van der Waals surface area contributed by atoms with E-state index in [1.807, 2.05) is 23.6 Å². The lowest BCUT2D eigenvalue weighted by Gasteiger charge is -2.06. The minimum Gasteiger partial charge on any atom is -0.491 e. The zero-order valence-electron chi connectivity index (χ0n) is 9.13. The highest BCUT2D eigenvalue weighted by atomic mass is 32.1. The van der Waals surface area contributed by atoms with Crippen molar-refractivity contribution in [3.8, 4) is 11.5 Å². The molecule has 0 spiro atoms. The van der Waals surface area contributed by atoms with Gasteiger partial charge in [-0.3, -0.25) is 0 Å². The fourth-order valence-electron chi connectivity index (χ4n) is 1.77. The van der Waals surface area contributed by atoms with Crippen molar-refractivity contribution in [1.82, 2.24) is 4.98 Å². The summed E-state index contributed by atoms with van der Waals surface area (Å²) in [7, 11) is 0. The normalized spacial score (nSPS) is 17.6. The quantitative estimate of drug-likeness (QED) is 0.903. The highest BCUT2D eigenvalue weighted by Crippen LogP contribution is 2.34. The van der Waals surface area contributed by atoms with Crippen molar-refractivity contribution in [3.63, 3.8) is 0 Å². The Bertz CT molecular complexity index is 513. The Morgan fingerprint density at radius 3 is 3.29 bits per heavy atom. The summed E-state index contributed by atoms with van der Waals surface area (Å²) < 4.78 is 11.1. The van der Waals surface area contributed by atoms with Gasteiger partial charge >= 0.3 is 0 Å². The number of hydrogen-bond donors (Lipinski definition) is 1. The Balaban J connectivity index is 1.72. The zero-order chi connectivity index (χ0) is 11.7. The van der Waals surface area contributed by atoms with Crippen LogP contribution in [-0.2, 0) is 6.61 Å². The van der Waals surface area contributed by atoms with Gasteiger partial charge in [0, 0.05) is 17.0 Å². The highest BCUT2D eigenvalue weighted by molar-refractivity contribution is 7.07. The first-order valence-electron chi connectivity index (χ1n) is 5.35. The van der Waals surface area contributed by atoms with Crippen LogP contribution in [0.3, 0.4) is 0 Å². The molecule has 88 valence electrons. The standard InChI is InChI=1S/C12H12N2O2S/c13-11-5-16-12-3-9(1-2-10(11)12)15-4-8-6-17-7-14-8/h1-3,6-7,11H,4-5,13H2. The Morgan fingerprint density at radius 1 is 1.53 bits per heavy atom. The van der Waals surface area contributed by atoms with Gasteiger partial charge in [0.1, 0.15) is 24.7 Å². The average Bonchev–Trinajstić information content (AvgIpc) is 2.97. The highest BCUT2D eigenvalue weighted by Gasteiger charge is 2.20. The van der Waals surface area contributed by atoms with Crippen LogP contribution < -0.4 is 15.2 Å². The number of benzene rings is 1. The predicted octanol–water partition coefficient (Wildman–Crippen LogP) is 2.11. The number of hydrogen-bond acceptors (Lipinski definition) is 5. The molecule has 2 aromatic rings. The number of ether oxygens (including phenoxy) is 2. The van der Waals surface area contributed by atoms with E-state index in [0.717, 1.165) is 22.8 Å². The van der Waals surface area contributed by atoms with Crippen molar-refractivity contribution in [2.45, 2.75) is 12.6 Å². The Hall–Kier alpha value is -1.59. The molecule has 1 aliphatic heterocycles. The van der Waals surface area contributed by atoms with Crippen LogP contribution in [0.5, 0.6) is 11.5 Å². The SMILES string of the molecule is NC1COc2cc(OCc3cscn3)ccc21. The van der Waals surface area contributed by atoms with Crippen LogP contribution >= 0.6 is 11.3 Å². The molecule has 0 aliphatic carbocycles. The molecule has 0 amide bonds. The molecule has 2 heterocycles. The average molecular weight is 248 g/mol. The van der Waals surface area contributed by atoms with E-state index < -0.39 is 0 Å². The lowest BCUT2D eigenvalue weighted by Crippen LogP contribution is -2.10. The van der Waals surface area contributed by atoms with E-state index in [0.29, 0.717) is 13.2 Å². The van der Waals surface area contributed by atoms with Gasteiger partial charge in [0.15, 0.2) is 0 Å². The molecule has 17 heavy (non-hydrogen) atoms. The maximum atomic E-state index is 5.87. The van der Waals surface area contributed by atoms with Gasteiger partial charge in [0.2, 0.25) is 0 Å². The summed E-state index contributed by atoms with van der Waals surface area (Å²) >= 11 is 1.56. The van der Waals surface area contributed by atoms with E-state index in [2.05, 4.69) is 4.98 Å². The monoisotopic (exact) mass is 248 g/mol. The van der Waals surface area contributed by atoms with Crippen LogP contribution in [0.1, 0.15) is 17.3 Å². The number of nitrogens with zero attached hydrogens (tertiary/aromatic N) is 1. The maximum Gasteiger partial charge on any atom is 0.131 e. The topological polar surface area (TPSA) is 57.4 Å². The minimum atomic E-state index is -0.0161. The number of nitrogens with two attached hydrogens (primary N) is 1. The van der Waals surface area contributed by atoms with Gasteiger partial charge in [0.05, 0.1) is 17.2 Å². The lowest BCUT2D eigenvalue weighted by molar-refractivity contribution is 0.297. The number of rotatable bonds is 3. The van der Waals surface area contributed by atoms with E-state index >= 15 is 0 Å². The van der Waals surface area contributed by atoms with Crippen LogP contribution in [0.25, 0.3) is 0 Å². The molecule has 0 fully saturated rings. The molecule has 4 nitrogen and oxygen atoms in total. The number of aromatic nitrogens is 1. The smallest absolute Gasteiger partial charge is 0.131 e. The second-order valence-electron chi connectivity index (χ2n) is 3.89. The molecule has 0 saturated carbocycles. The molecule has 1 unspecified atom stereocenters. The molecule has 1 aromatic heterocycles. The summed E-state index contributed by atoms with van der Waals surface area (Å²) in [5.41, 5.74) is 9.65. The fraction of sp³-hybridized carbons (Fsp3) is 0.250. The third kappa shape index (κ3) is 2.11. The third-order valence-electron chi connectivity index (χ3n) is 2.67. The van der Waals surface area contributed by atoms with E-state index in [4.69, 9.17) is 15.2 Å². The zero-order valence-corrected chi connectivity index (χ0v) is 9.94. The number of fused-ring (bicyclic) bond motifs is 1. The van der Waals surface area contributed by atoms with E-state index in [1.165, 1.54) is 0 Å². The van der Waals surface area contributed by atoms with Crippen molar-refractivity contribution in [2.75, 3.05) is 6.61 Å². The van der Waals surface area contributed by atoms with E-state index in [9.17, 15) is 0 Å². The summed E-state index contributed by atoms with van der Waals surface area (Å²) in [5, 5.41) is 1.97. The van der Waals surface area contributed by atoms with Crippen LogP contribution in [0.2, 0.25) is 0 Å². The molecule has 1 atom stereocenters. The largest absolute Gasteiger partial charge is 0.491 e. The van der Waals surface area contributed by atoms with E-state index in [-0.39, 0.29) is 6.04 Å².